The normalized spacial score (nSPS) is 32.0. The van der Waals surface area contributed by atoms with Crippen molar-refractivity contribution in [1.29, 1.82) is 0 Å². The maximum absolute atomic E-state index is 10.6. The number of hydrogen-bond donors (Lipinski definition) is 3. The molecular weight excluding hydrogens is 214 g/mol. The van der Waals surface area contributed by atoms with Gasteiger partial charge in [-0.1, -0.05) is 6.08 Å². The number of carbonyl (C=O) groups is 1. The lowest BCUT2D eigenvalue weighted by atomic mass is 10.0. The molecule has 6 nitrogen and oxygen atoms in total. The van der Waals surface area contributed by atoms with E-state index in [1.54, 1.807) is 13.8 Å². The van der Waals surface area contributed by atoms with Gasteiger partial charge in [-0.05, 0) is 13.8 Å². The maximum Gasteiger partial charge on any atom is 0.323 e. The molecule has 0 spiro atoms. The third-order valence-corrected chi connectivity index (χ3v) is 2.39. The molecule has 0 unspecified atom stereocenters. The van der Waals surface area contributed by atoms with Crippen molar-refractivity contribution in [3.05, 3.63) is 12.7 Å². The summed E-state index contributed by atoms with van der Waals surface area (Å²) >= 11 is 0. The lowest BCUT2D eigenvalue weighted by molar-refractivity contribution is -0.160. The molecule has 1 fully saturated rings. The molecular formula is C10H17NO5. The van der Waals surface area contributed by atoms with E-state index in [-0.39, 0.29) is 0 Å². The van der Waals surface area contributed by atoms with Gasteiger partial charge in [-0.15, -0.1) is 6.58 Å². The van der Waals surface area contributed by atoms with Crippen LogP contribution in [0.4, 0.5) is 0 Å². The summed E-state index contributed by atoms with van der Waals surface area (Å²) in [6.45, 7) is 6.88. The molecule has 1 aliphatic heterocycles. The lowest BCUT2D eigenvalue weighted by Crippen LogP contribution is -2.51. The topological polar surface area (TPSA) is 102 Å². The molecule has 0 saturated carbocycles. The van der Waals surface area contributed by atoms with Gasteiger partial charge in [0, 0.05) is 0 Å². The zero-order valence-electron chi connectivity index (χ0n) is 9.29. The number of hydrogen-bond acceptors (Lipinski definition) is 5. The highest BCUT2D eigenvalue weighted by atomic mass is 16.8. The molecule has 1 saturated heterocycles. The summed E-state index contributed by atoms with van der Waals surface area (Å²) in [5.74, 6) is -2.17. The molecule has 0 aromatic carbocycles. The summed E-state index contributed by atoms with van der Waals surface area (Å²) in [6, 6.07) is -1.41. The summed E-state index contributed by atoms with van der Waals surface area (Å²) in [7, 11) is 0. The summed E-state index contributed by atoms with van der Waals surface area (Å²) in [4.78, 5) is 10.6. The van der Waals surface area contributed by atoms with E-state index in [0.717, 1.165) is 0 Å². The number of aliphatic hydroxyl groups is 1. The molecule has 1 rings (SSSR count). The zero-order valence-corrected chi connectivity index (χ0v) is 9.29. The Morgan fingerprint density at radius 2 is 2.12 bits per heavy atom. The predicted molar refractivity (Wildman–Crippen MR) is 55.6 cm³/mol. The Morgan fingerprint density at radius 1 is 1.56 bits per heavy atom. The highest BCUT2D eigenvalue weighted by molar-refractivity contribution is 5.74. The number of nitrogens with two attached hydrogens (primary N) is 1. The first-order chi connectivity index (χ1) is 7.28. The summed E-state index contributed by atoms with van der Waals surface area (Å²) in [5, 5.41) is 18.5. The zero-order chi connectivity index (χ0) is 12.5. The van der Waals surface area contributed by atoms with E-state index in [9.17, 15) is 9.90 Å². The Kier molecular flexibility index (Phi) is 3.69. The molecule has 0 aliphatic carbocycles. The van der Waals surface area contributed by atoms with Crippen LogP contribution in [0.25, 0.3) is 0 Å². The number of ether oxygens (including phenoxy) is 2. The molecule has 0 radical (unpaired) electrons. The van der Waals surface area contributed by atoms with Crippen LogP contribution >= 0.6 is 0 Å². The van der Waals surface area contributed by atoms with Crippen molar-refractivity contribution >= 4 is 5.97 Å². The first-order valence-corrected chi connectivity index (χ1v) is 4.93. The third-order valence-electron chi connectivity index (χ3n) is 2.39. The van der Waals surface area contributed by atoms with Gasteiger partial charge >= 0.3 is 5.97 Å². The number of rotatable bonds is 4. The van der Waals surface area contributed by atoms with Gasteiger partial charge in [-0.25, -0.2) is 0 Å². The average Bonchev–Trinajstić information content (AvgIpc) is 2.51. The van der Waals surface area contributed by atoms with E-state index in [0.29, 0.717) is 0 Å². The quantitative estimate of drug-likeness (QED) is 0.562. The Labute approximate surface area is 93.6 Å². The number of carboxylic acid groups (broad SMARTS) is 1. The van der Waals surface area contributed by atoms with Gasteiger partial charge in [0.1, 0.15) is 24.4 Å². The highest BCUT2D eigenvalue weighted by Gasteiger charge is 2.46. The van der Waals surface area contributed by atoms with Crippen molar-refractivity contribution in [1.82, 2.24) is 0 Å². The van der Waals surface area contributed by atoms with Crippen LogP contribution in [0.5, 0.6) is 0 Å². The van der Waals surface area contributed by atoms with Gasteiger partial charge in [0.2, 0.25) is 0 Å². The second kappa shape index (κ2) is 4.50. The van der Waals surface area contributed by atoms with E-state index in [1.807, 2.05) is 0 Å². The van der Waals surface area contributed by atoms with Crippen molar-refractivity contribution in [2.45, 2.75) is 44.0 Å². The molecule has 92 valence electrons. The second-order valence-corrected chi connectivity index (χ2v) is 4.16. The van der Waals surface area contributed by atoms with Crippen LogP contribution in [0.2, 0.25) is 0 Å². The highest BCUT2D eigenvalue weighted by Crippen LogP contribution is 2.31. The molecule has 0 amide bonds. The van der Waals surface area contributed by atoms with Crippen molar-refractivity contribution in [3.8, 4) is 0 Å². The standard InChI is InChI=1S/C10H17NO5/c1-4-5-8(16-10(2,3)15-5)7(12)6(11)9(13)14/h4-8,12H,1,11H2,2-3H3,(H,13,14)/t5-,6+,7-,8-/m0/s1. The predicted octanol–water partition coefficient (Wildman–Crippen LogP) is -0.535. The van der Waals surface area contributed by atoms with E-state index < -0.39 is 36.1 Å². The Bertz CT molecular complexity index is 291. The monoisotopic (exact) mass is 231 g/mol. The Morgan fingerprint density at radius 3 is 2.56 bits per heavy atom. The molecule has 1 aliphatic rings. The average molecular weight is 231 g/mol. The molecule has 4 N–H and O–H groups in total. The van der Waals surface area contributed by atoms with Gasteiger partial charge in [0.15, 0.2) is 5.79 Å². The number of aliphatic hydroxyl groups excluding tert-OH is 1. The fourth-order valence-electron chi connectivity index (χ4n) is 1.61. The van der Waals surface area contributed by atoms with Crippen molar-refractivity contribution < 1.29 is 24.5 Å². The minimum Gasteiger partial charge on any atom is -0.480 e. The fraction of sp³-hybridized carbons (Fsp3) is 0.700. The van der Waals surface area contributed by atoms with Crippen LogP contribution in [0.3, 0.4) is 0 Å². The smallest absolute Gasteiger partial charge is 0.323 e. The molecule has 6 heteroatoms. The number of carboxylic acids is 1. The largest absolute Gasteiger partial charge is 0.480 e. The summed E-state index contributed by atoms with van der Waals surface area (Å²) in [5.41, 5.74) is 5.33. The first-order valence-electron chi connectivity index (χ1n) is 4.93. The van der Waals surface area contributed by atoms with Crippen molar-refractivity contribution in [2.75, 3.05) is 0 Å². The minimum absolute atomic E-state index is 0.574. The van der Waals surface area contributed by atoms with Crippen LogP contribution in [-0.4, -0.2) is 46.3 Å². The second-order valence-electron chi connectivity index (χ2n) is 4.16. The van der Waals surface area contributed by atoms with Crippen LogP contribution in [0.15, 0.2) is 12.7 Å². The van der Waals surface area contributed by atoms with E-state index in [2.05, 4.69) is 6.58 Å². The molecule has 0 bridgehead atoms. The van der Waals surface area contributed by atoms with Gasteiger partial charge in [-0.2, -0.15) is 0 Å². The first kappa shape index (κ1) is 13.1. The van der Waals surface area contributed by atoms with Crippen molar-refractivity contribution in [3.63, 3.8) is 0 Å². The SMILES string of the molecule is C=C[C@@H]1OC(C)(C)O[C@@H]1[C@@H](O)[C@@H](N)C(=O)O. The maximum atomic E-state index is 10.6. The molecule has 16 heavy (non-hydrogen) atoms. The molecule has 4 atom stereocenters. The van der Waals surface area contributed by atoms with Crippen LogP contribution < -0.4 is 5.73 Å². The van der Waals surface area contributed by atoms with Crippen molar-refractivity contribution in [2.24, 2.45) is 5.73 Å². The molecule has 0 aromatic rings. The lowest BCUT2D eigenvalue weighted by Gasteiger charge is -2.23. The fourth-order valence-corrected chi connectivity index (χ4v) is 1.61. The third kappa shape index (κ3) is 2.59. The van der Waals surface area contributed by atoms with Gasteiger partial charge < -0.3 is 25.4 Å². The van der Waals surface area contributed by atoms with Gasteiger partial charge in [0.05, 0.1) is 0 Å². The van der Waals surface area contributed by atoms with Crippen LogP contribution in [-0.2, 0) is 14.3 Å². The van der Waals surface area contributed by atoms with E-state index in [4.69, 9.17) is 20.3 Å². The minimum atomic E-state index is -1.41. The van der Waals surface area contributed by atoms with E-state index in [1.165, 1.54) is 6.08 Å². The van der Waals surface area contributed by atoms with Gasteiger partial charge in [-0.3, -0.25) is 4.79 Å². The summed E-state index contributed by atoms with van der Waals surface area (Å²) in [6.07, 6.45) is -1.28. The Balaban J connectivity index is 2.79. The molecule has 0 aromatic heterocycles. The Hall–Kier alpha value is -0.950. The van der Waals surface area contributed by atoms with E-state index >= 15 is 0 Å². The van der Waals surface area contributed by atoms with Crippen LogP contribution in [0, 0.1) is 0 Å². The molecule has 1 heterocycles. The summed E-state index contributed by atoms with van der Waals surface area (Å²) < 4.78 is 10.8. The van der Waals surface area contributed by atoms with Gasteiger partial charge in [0.25, 0.3) is 0 Å². The van der Waals surface area contributed by atoms with Crippen LogP contribution in [0.1, 0.15) is 13.8 Å². The number of aliphatic carboxylic acids is 1.